The lowest BCUT2D eigenvalue weighted by Crippen LogP contribution is -2.16. The fourth-order valence-electron chi connectivity index (χ4n) is 2.57. The zero-order valence-electron chi connectivity index (χ0n) is 13.4. The van der Waals surface area contributed by atoms with Gasteiger partial charge in [-0.1, -0.05) is 23.7 Å². The minimum Gasteiger partial charge on any atom is -0.366 e. The first-order chi connectivity index (χ1) is 12.3. The number of carbonyl (C=O) groups excluding carboxylic acids is 1. The van der Waals surface area contributed by atoms with Crippen LogP contribution in [0.1, 0.15) is 10.4 Å². The Hall–Kier alpha value is -2.74. The Kier molecular flexibility index (Phi) is 4.78. The number of pyridine rings is 1. The summed E-state index contributed by atoms with van der Waals surface area (Å²) in [5.41, 5.74) is 7.51. The third kappa shape index (κ3) is 3.60. The number of sulfonamides is 1. The Labute approximate surface area is 155 Å². The summed E-state index contributed by atoms with van der Waals surface area (Å²) >= 11 is 6.27. The van der Waals surface area contributed by atoms with Gasteiger partial charge in [0.15, 0.2) is 0 Å². The van der Waals surface area contributed by atoms with Crippen LogP contribution in [0.3, 0.4) is 0 Å². The van der Waals surface area contributed by atoms with Crippen molar-refractivity contribution < 1.29 is 13.2 Å². The first-order valence-corrected chi connectivity index (χ1v) is 9.38. The normalized spacial score (nSPS) is 11.3. The summed E-state index contributed by atoms with van der Waals surface area (Å²) < 4.78 is 23.9. The van der Waals surface area contributed by atoms with Crippen LogP contribution < -0.4 is 10.9 Å². The van der Waals surface area contributed by atoms with Crippen LogP contribution in [0.5, 0.6) is 0 Å². The lowest BCUT2D eigenvalue weighted by molar-refractivity contribution is 0.1000. The number of amides is 1. The van der Waals surface area contributed by atoms with Crippen molar-refractivity contribution in [2.24, 2.45) is 10.9 Å². The topological polar surface area (TPSA) is 116 Å². The molecule has 3 rings (SSSR count). The highest BCUT2D eigenvalue weighted by molar-refractivity contribution is 7.89. The molecule has 1 amide bonds. The predicted octanol–water partition coefficient (Wildman–Crippen LogP) is 2.82. The van der Waals surface area contributed by atoms with E-state index in [4.69, 9.17) is 22.5 Å². The van der Waals surface area contributed by atoms with Crippen LogP contribution in [0.4, 0.5) is 0 Å². The Balaban J connectivity index is 2.27. The third-order valence-electron chi connectivity index (χ3n) is 3.79. The zero-order valence-corrected chi connectivity index (χ0v) is 15.0. The van der Waals surface area contributed by atoms with Gasteiger partial charge < -0.3 is 5.73 Å². The van der Waals surface area contributed by atoms with Gasteiger partial charge in [-0.25, -0.2) is 13.6 Å². The maximum atomic E-state index is 12.0. The van der Waals surface area contributed by atoms with E-state index in [1.165, 1.54) is 18.2 Å². The Bertz CT molecular complexity index is 1100. The number of halogens is 1. The maximum Gasteiger partial charge on any atom is 0.248 e. The molecule has 0 saturated carbocycles. The second-order valence-corrected chi connectivity index (χ2v) is 7.47. The maximum absolute atomic E-state index is 12.0. The van der Waals surface area contributed by atoms with Gasteiger partial charge in [0.05, 0.1) is 10.6 Å². The van der Waals surface area contributed by atoms with Gasteiger partial charge in [-0.05, 0) is 48.0 Å². The molecule has 0 fully saturated rings. The summed E-state index contributed by atoms with van der Waals surface area (Å²) in [5, 5.41) is 5.77. The molecule has 6 nitrogen and oxygen atoms in total. The van der Waals surface area contributed by atoms with E-state index in [1.807, 2.05) is 6.07 Å². The van der Waals surface area contributed by atoms with E-state index in [0.29, 0.717) is 21.8 Å². The van der Waals surface area contributed by atoms with E-state index in [1.54, 1.807) is 36.5 Å². The summed E-state index contributed by atoms with van der Waals surface area (Å²) in [6.07, 6.45) is 1.63. The highest BCUT2D eigenvalue weighted by Gasteiger charge is 2.18. The summed E-state index contributed by atoms with van der Waals surface area (Å²) in [7, 11) is -4.01. The molecule has 4 N–H and O–H groups in total. The number of nitrogens with two attached hydrogens (primary N) is 2. The summed E-state index contributed by atoms with van der Waals surface area (Å²) in [6, 6.07) is 14.3. The molecule has 0 saturated heterocycles. The molecule has 1 aromatic heterocycles. The second-order valence-electron chi connectivity index (χ2n) is 5.53. The molecule has 0 aliphatic heterocycles. The highest BCUT2D eigenvalue weighted by atomic mass is 35.5. The van der Waals surface area contributed by atoms with Gasteiger partial charge in [0.1, 0.15) is 0 Å². The number of hydrogen-bond acceptors (Lipinski definition) is 4. The van der Waals surface area contributed by atoms with Crippen LogP contribution in [-0.2, 0) is 10.0 Å². The van der Waals surface area contributed by atoms with E-state index in [0.717, 1.165) is 0 Å². The number of aromatic nitrogens is 1. The zero-order chi connectivity index (χ0) is 18.9. The fraction of sp³-hybridized carbons (Fsp3) is 0. The van der Waals surface area contributed by atoms with Crippen LogP contribution in [0.15, 0.2) is 65.7 Å². The van der Waals surface area contributed by atoms with Gasteiger partial charge in [-0.3, -0.25) is 9.78 Å². The lowest BCUT2D eigenvalue weighted by Gasteiger charge is -2.12. The average molecular weight is 388 g/mol. The summed E-state index contributed by atoms with van der Waals surface area (Å²) in [4.78, 5) is 15.6. The Morgan fingerprint density at radius 2 is 1.77 bits per heavy atom. The fourth-order valence-corrected chi connectivity index (χ4v) is 3.52. The van der Waals surface area contributed by atoms with Crippen LogP contribution in [-0.4, -0.2) is 19.3 Å². The molecule has 0 spiro atoms. The minimum atomic E-state index is -4.01. The largest absolute Gasteiger partial charge is 0.366 e. The number of hydrogen-bond donors (Lipinski definition) is 2. The molecule has 8 heteroatoms. The number of nitrogens with zero attached hydrogens (tertiary/aromatic N) is 1. The smallest absolute Gasteiger partial charge is 0.248 e. The van der Waals surface area contributed by atoms with Crippen molar-refractivity contribution in [2.45, 2.75) is 4.90 Å². The Morgan fingerprint density at radius 3 is 2.38 bits per heavy atom. The number of primary sulfonamides is 1. The summed E-state index contributed by atoms with van der Waals surface area (Å²) in [5.74, 6) is -0.675. The third-order valence-corrected chi connectivity index (χ3v) is 5.09. The van der Waals surface area contributed by atoms with E-state index < -0.39 is 15.9 Å². The van der Waals surface area contributed by atoms with Crippen molar-refractivity contribution in [1.29, 1.82) is 0 Å². The molecule has 2 aromatic carbocycles. The van der Waals surface area contributed by atoms with Crippen LogP contribution in [0.25, 0.3) is 22.4 Å². The molecule has 0 unspecified atom stereocenters. The predicted molar refractivity (Wildman–Crippen MR) is 100 cm³/mol. The van der Waals surface area contributed by atoms with Crippen molar-refractivity contribution in [2.75, 3.05) is 0 Å². The van der Waals surface area contributed by atoms with Gasteiger partial charge in [-0.15, -0.1) is 0 Å². The first kappa shape index (κ1) is 18.1. The van der Waals surface area contributed by atoms with E-state index >= 15 is 0 Å². The molecule has 0 atom stereocenters. The van der Waals surface area contributed by atoms with E-state index in [9.17, 15) is 13.2 Å². The van der Waals surface area contributed by atoms with E-state index in [-0.39, 0.29) is 16.0 Å². The molecule has 0 aliphatic carbocycles. The first-order valence-electron chi connectivity index (χ1n) is 7.45. The molecule has 0 radical (unpaired) electrons. The standard InChI is InChI=1S/C18H14ClN3O3S/c19-15-6-4-11(9-14(15)16-3-1-2-8-22-16)13-10-12(18(20)23)5-7-17(13)26(21,24)25/h1-10H,(H2,20,23)(H2,21,24,25). The molecule has 3 aromatic rings. The second kappa shape index (κ2) is 6.87. The number of primary amides is 1. The van der Waals surface area contributed by atoms with Crippen molar-refractivity contribution in [3.63, 3.8) is 0 Å². The van der Waals surface area contributed by atoms with E-state index in [2.05, 4.69) is 4.98 Å². The van der Waals surface area contributed by atoms with Crippen LogP contribution >= 0.6 is 11.6 Å². The molecule has 1 heterocycles. The molecule has 0 bridgehead atoms. The highest BCUT2D eigenvalue weighted by Crippen LogP contribution is 2.34. The molecule has 26 heavy (non-hydrogen) atoms. The van der Waals surface area contributed by atoms with Crippen molar-refractivity contribution in [3.05, 3.63) is 71.4 Å². The number of carbonyl (C=O) groups is 1. The molecule has 0 aliphatic rings. The number of benzene rings is 2. The van der Waals surface area contributed by atoms with Crippen molar-refractivity contribution >= 4 is 27.5 Å². The summed E-state index contributed by atoms with van der Waals surface area (Å²) in [6.45, 7) is 0. The van der Waals surface area contributed by atoms with Gasteiger partial charge in [0.25, 0.3) is 0 Å². The number of rotatable bonds is 4. The van der Waals surface area contributed by atoms with Crippen molar-refractivity contribution in [1.82, 2.24) is 4.98 Å². The molecule has 132 valence electrons. The van der Waals surface area contributed by atoms with Gasteiger partial charge in [-0.2, -0.15) is 0 Å². The monoisotopic (exact) mass is 387 g/mol. The SMILES string of the molecule is NC(=O)c1ccc(S(N)(=O)=O)c(-c2ccc(Cl)c(-c3ccccn3)c2)c1. The van der Waals surface area contributed by atoms with Gasteiger partial charge in [0, 0.05) is 27.9 Å². The lowest BCUT2D eigenvalue weighted by atomic mass is 9.99. The van der Waals surface area contributed by atoms with Gasteiger partial charge in [0.2, 0.25) is 15.9 Å². The average Bonchev–Trinajstić information content (AvgIpc) is 2.61. The minimum absolute atomic E-state index is 0.114. The van der Waals surface area contributed by atoms with Crippen LogP contribution in [0.2, 0.25) is 5.02 Å². The molecular formula is C18H14ClN3O3S. The quantitative estimate of drug-likeness (QED) is 0.715. The van der Waals surface area contributed by atoms with Gasteiger partial charge >= 0.3 is 0 Å². The van der Waals surface area contributed by atoms with Crippen molar-refractivity contribution in [3.8, 4) is 22.4 Å². The Morgan fingerprint density at radius 1 is 1.00 bits per heavy atom. The van der Waals surface area contributed by atoms with Crippen LogP contribution in [0, 0.1) is 0 Å². The molecular weight excluding hydrogens is 374 g/mol.